The molecule has 0 radical (unpaired) electrons. The van der Waals surface area contributed by atoms with Gasteiger partial charge in [-0.2, -0.15) is 0 Å². The first-order chi connectivity index (χ1) is 9.29. The molecule has 1 aromatic carbocycles. The Hall–Kier alpha value is -0.860. The van der Waals surface area contributed by atoms with Crippen molar-refractivity contribution in [3.63, 3.8) is 0 Å². The highest BCUT2D eigenvalue weighted by atomic mass is 15.1. The fourth-order valence-electron chi connectivity index (χ4n) is 2.97. The van der Waals surface area contributed by atoms with Crippen molar-refractivity contribution in [2.24, 2.45) is 0 Å². The maximum absolute atomic E-state index is 3.65. The summed E-state index contributed by atoms with van der Waals surface area (Å²) in [5.41, 5.74) is 1.47. The van der Waals surface area contributed by atoms with E-state index >= 15 is 0 Å². The van der Waals surface area contributed by atoms with Gasteiger partial charge in [0.25, 0.3) is 0 Å². The van der Waals surface area contributed by atoms with Crippen molar-refractivity contribution in [3.05, 3.63) is 35.9 Å². The van der Waals surface area contributed by atoms with Gasteiger partial charge < -0.3 is 10.2 Å². The van der Waals surface area contributed by atoms with Crippen molar-refractivity contribution in [2.75, 3.05) is 26.2 Å². The summed E-state index contributed by atoms with van der Waals surface area (Å²) < 4.78 is 0. The minimum absolute atomic E-state index is 0.633. The molecular weight excluding hydrogens is 232 g/mol. The Labute approximate surface area is 118 Å². The lowest BCUT2D eigenvalue weighted by Gasteiger charge is -2.30. The summed E-state index contributed by atoms with van der Waals surface area (Å²) in [5.74, 6) is 0.633. The van der Waals surface area contributed by atoms with E-state index in [0.717, 1.165) is 6.04 Å². The highest BCUT2D eigenvalue weighted by Gasteiger charge is 2.16. The molecule has 2 heteroatoms. The molecule has 1 heterocycles. The van der Waals surface area contributed by atoms with Crippen LogP contribution in [-0.2, 0) is 0 Å². The van der Waals surface area contributed by atoms with E-state index in [1.54, 1.807) is 0 Å². The van der Waals surface area contributed by atoms with E-state index in [-0.39, 0.29) is 0 Å². The molecule has 1 aromatic rings. The molecule has 2 atom stereocenters. The number of benzene rings is 1. The second-order valence-electron chi connectivity index (χ2n) is 5.81. The fraction of sp³-hybridized carbons (Fsp3) is 0.647. The monoisotopic (exact) mass is 260 g/mol. The Morgan fingerprint density at radius 1 is 1.26 bits per heavy atom. The SMILES string of the molecule is CCC1CCN(CC(C)c2ccccc2)CCCN1. The quantitative estimate of drug-likeness (QED) is 0.894. The molecule has 2 rings (SSSR count). The van der Waals surface area contributed by atoms with Gasteiger partial charge >= 0.3 is 0 Å². The Balaban J connectivity index is 1.87. The smallest absolute Gasteiger partial charge is 0.00766 e. The third-order valence-electron chi connectivity index (χ3n) is 4.27. The van der Waals surface area contributed by atoms with Crippen LogP contribution in [-0.4, -0.2) is 37.1 Å². The topological polar surface area (TPSA) is 15.3 Å². The standard InChI is InChI=1S/C17H28N2/c1-3-17-10-13-19(12-7-11-18-17)14-15(2)16-8-5-4-6-9-16/h4-6,8-9,15,17-18H,3,7,10-14H2,1-2H3. The van der Waals surface area contributed by atoms with Crippen LogP contribution in [0.15, 0.2) is 30.3 Å². The Bertz CT molecular complexity index is 350. The third-order valence-corrected chi connectivity index (χ3v) is 4.27. The molecule has 0 amide bonds. The van der Waals surface area contributed by atoms with Crippen molar-refractivity contribution in [2.45, 2.75) is 45.1 Å². The average Bonchev–Trinajstić information content (AvgIpc) is 2.43. The van der Waals surface area contributed by atoms with Crippen molar-refractivity contribution in [1.82, 2.24) is 10.2 Å². The molecule has 0 spiro atoms. The third kappa shape index (κ3) is 4.63. The zero-order valence-electron chi connectivity index (χ0n) is 12.4. The van der Waals surface area contributed by atoms with Gasteiger partial charge in [0.1, 0.15) is 0 Å². The van der Waals surface area contributed by atoms with E-state index in [2.05, 4.69) is 54.4 Å². The van der Waals surface area contributed by atoms with Crippen LogP contribution in [0.5, 0.6) is 0 Å². The number of rotatable bonds is 4. The average molecular weight is 260 g/mol. The van der Waals surface area contributed by atoms with Crippen LogP contribution < -0.4 is 5.32 Å². The summed E-state index contributed by atoms with van der Waals surface area (Å²) in [7, 11) is 0. The molecule has 0 bridgehead atoms. The van der Waals surface area contributed by atoms with Gasteiger partial charge in [-0.05, 0) is 50.4 Å². The summed E-state index contributed by atoms with van der Waals surface area (Å²) in [6.45, 7) is 9.48. The predicted molar refractivity (Wildman–Crippen MR) is 82.6 cm³/mol. The Morgan fingerprint density at radius 2 is 2.05 bits per heavy atom. The van der Waals surface area contributed by atoms with Gasteiger partial charge in [-0.25, -0.2) is 0 Å². The first-order valence-corrected chi connectivity index (χ1v) is 7.80. The predicted octanol–water partition coefficient (Wildman–Crippen LogP) is 3.25. The second-order valence-corrected chi connectivity index (χ2v) is 5.81. The minimum atomic E-state index is 0.633. The van der Waals surface area contributed by atoms with Crippen LogP contribution >= 0.6 is 0 Å². The van der Waals surface area contributed by atoms with Crippen LogP contribution in [0.25, 0.3) is 0 Å². The highest BCUT2D eigenvalue weighted by Crippen LogP contribution is 2.17. The molecule has 2 unspecified atom stereocenters. The van der Waals surface area contributed by atoms with Crippen LogP contribution in [0.1, 0.15) is 44.6 Å². The molecule has 0 saturated carbocycles. The number of nitrogens with one attached hydrogen (secondary N) is 1. The molecular formula is C17H28N2. The van der Waals surface area contributed by atoms with E-state index in [1.165, 1.54) is 51.0 Å². The molecule has 1 saturated heterocycles. The largest absolute Gasteiger partial charge is 0.314 e. The molecule has 19 heavy (non-hydrogen) atoms. The summed E-state index contributed by atoms with van der Waals surface area (Å²) >= 11 is 0. The molecule has 1 fully saturated rings. The van der Waals surface area contributed by atoms with Crippen LogP contribution in [0, 0.1) is 0 Å². The lowest BCUT2D eigenvalue weighted by atomic mass is 10.00. The molecule has 106 valence electrons. The number of hydrogen-bond donors (Lipinski definition) is 1. The van der Waals surface area contributed by atoms with Crippen LogP contribution in [0.3, 0.4) is 0 Å². The van der Waals surface area contributed by atoms with E-state index in [4.69, 9.17) is 0 Å². The molecule has 1 aliphatic rings. The van der Waals surface area contributed by atoms with Gasteiger partial charge in [0.2, 0.25) is 0 Å². The molecule has 0 aromatic heterocycles. The van der Waals surface area contributed by atoms with Gasteiger partial charge in [-0.15, -0.1) is 0 Å². The van der Waals surface area contributed by atoms with E-state index < -0.39 is 0 Å². The van der Waals surface area contributed by atoms with Gasteiger partial charge in [-0.3, -0.25) is 0 Å². The van der Waals surface area contributed by atoms with Gasteiger partial charge in [0.05, 0.1) is 0 Å². The zero-order chi connectivity index (χ0) is 13.5. The number of hydrogen-bond acceptors (Lipinski definition) is 2. The first-order valence-electron chi connectivity index (χ1n) is 7.80. The Morgan fingerprint density at radius 3 is 2.79 bits per heavy atom. The van der Waals surface area contributed by atoms with Crippen LogP contribution in [0.2, 0.25) is 0 Å². The molecule has 1 N–H and O–H groups in total. The fourth-order valence-corrected chi connectivity index (χ4v) is 2.97. The maximum atomic E-state index is 3.65. The normalized spacial score (nSPS) is 23.6. The minimum Gasteiger partial charge on any atom is -0.314 e. The van der Waals surface area contributed by atoms with Gasteiger partial charge in [-0.1, -0.05) is 44.2 Å². The van der Waals surface area contributed by atoms with Crippen LogP contribution in [0.4, 0.5) is 0 Å². The highest BCUT2D eigenvalue weighted by molar-refractivity contribution is 5.19. The van der Waals surface area contributed by atoms with E-state index in [0.29, 0.717) is 5.92 Å². The van der Waals surface area contributed by atoms with Gasteiger partial charge in [0.15, 0.2) is 0 Å². The van der Waals surface area contributed by atoms with Crippen molar-refractivity contribution in [1.29, 1.82) is 0 Å². The first kappa shape index (κ1) is 14.5. The molecule has 1 aliphatic heterocycles. The lowest BCUT2D eigenvalue weighted by molar-refractivity contribution is 0.222. The van der Waals surface area contributed by atoms with Crippen molar-refractivity contribution in [3.8, 4) is 0 Å². The summed E-state index contributed by atoms with van der Waals surface area (Å²) in [6, 6.07) is 11.6. The lowest BCUT2D eigenvalue weighted by Crippen LogP contribution is -2.40. The second kappa shape index (κ2) is 7.66. The molecule has 2 nitrogen and oxygen atoms in total. The summed E-state index contributed by atoms with van der Waals surface area (Å²) in [4.78, 5) is 2.65. The summed E-state index contributed by atoms with van der Waals surface area (Å²) in [5, 5.41) is 3.65. The number of nitrogens with zero attached hydrogens (tertiary/aromatic N) is 1. The van der Waals surface area contributed by atoms with E-state index in [1.807, 2.05) is 0 Å². The zero-order valence-corrected chi connectivity index (χ0v) is 12.4. The summed E-state index contributed by atoms with van der Waals surface area (Å²) in [6.07, 6.45) is 3.82. The van der Waals surface area contributed by atoms with Crippen molar-refractivity contribution < 1.29 is 0 Å². The van der Waals surface area contributed by atoms with Crippen molar-refractivity contribution >= 4 is 0 Å². The van der Waals surface area contributed by atoms with Gasteiger partial charge in [0, 0.05) is 12.6 Å². The Kier molecular flexibility index (Phi) is 5.87. The maximum Gasteiger partial charge on any atom is 0.00766 e. The molecule has 0 aliphatic carbocycles. The van der Waals surface area contributed by atoms with E-state index in [9.17, 15) is 0 Å².